The Balaban J connectivity index is 1.82. The summed E-state index contributed by atoms with van der Waals surface area (Å²) in [4.78, 5) is 21.1. The fourth-order valence-electron chi connectivity index (χ4n) is 2.73. The van der Waals surface area contributed by atoms with Crippen molar-refractivity contribution in [2.24, 2.45) is 9.98 Å². The summed E-state index contributed by atoms with van der Waals surface area (Å²) in [6.45, 7) is 3.47. The molecule has 5 N–H and O–H groups in total. The number of hydrogen-bond donors (Lipinski definition) is 3. The normalized spacial score (nSPS) is 18.9. The second-order valence-electron chi connectivity index (χ2n) is 6.43. The van der Waals surface area contributed by atoms with E-state index in [1.54, 1.807) is 38.1 Å². The van der Waals surface area contributed by atoms with Crippen LogP contribution in [-0.2, 0) is 4.79 Å². The first-order chi connectivity index (χ1) is 12.8. The number of nitrogens with zero attached hydrogens (tertiary/aromatic N) is 3. The number of anilines is 2. The van der Waals surface area contributed by atoms with Gasteiger partial charge in [-0.15, -0.1) is 0 Å². The SMILES string of the molecule is CC1=NC(C)(C#N)CN=C1C(=O)Nc1ccc(N)c(C(=[NH2+])c2ccoc2)c1. The van der Waals surface area contributed by atoms with Crippen molar-refractivity contribution < 1.29 is 14.6 Å². The van der Waals surface area contributed by atoms with Crippen LogP contribution in [0.4, 0.5) is 11.4 Å². The van der Waals surface area contributed by atoms with Gasteiger partial charge in [0.2, 0.25) is 5.71 Å². The van der Waals surface area contributed by atoms with Crippen molar-refractivity contribution >= 4 is 34.4 Å². The fraction of sp³-hybridized carbons (Fsp3) is 0.211. The molecule has 2 aromatic rings. The van der Waals surface area contributed by atoms with Gasteiger partial charge >= 0.3 is 0 Å². The molecule has 1 aromatic heterocycles. The molecule has 0 fully saturated rings. The molecule has 1 aromatic carbocycles. The maximum absolute atomic E-state index is 12.6. The minimum absolute atomic E-state index is 0.137. The highest BCUT2D eigenvalue weighted by molar-refractivity contribution is 6.68. The Morgan fingerprint density at radius 3 is 2.85 bits per heavy atom. The van der Waals surface area contributed by atoms with E-state index in [9.17, 15) is 4.79 Å². The summed E-state index contributed by atoms with van der Waals surface area (Å²) in [6.07, 6.45) is 3.03. The molecule has 0 bridgehead atoms. The van der Waals surface area contributed by atoms with Gasteiger partial charge in [-0.25, -0.2) is 0 Å². The lowest BCUT2D eigenvalue weighted by Gasteiger charge is -2.21. The Hall–Kier alpha value is -3.73. The van der Waals surface area contributed by atoms with E-state index in [4.69, 9.17) is 20.8 Å². The largest absolute Gasteiger partial charge is 0.472 e. The number of nitrogens with one attached hydrogen (secondary N) is 1. The van der Waals surface area contributed by atoms with Gasteiger partial charge in [-0.1, -0.05) is 0 Å². The third-order valence-electron chi connectivity index (χ3n) is 4.19. The molecule has 8 nitrogen and oxygen atoms in total. The van der Waals surface area contributed by atoms with Crippen LogP contribution in [0.5, 0.6) is 0 Å². The molecule has 1 aliphatic heterocycles. The second kappa shape index (κ2) is 6.88. The minimum Gasteiger partial charge on any atom is -0.472 e. The topological polar surface area (TPSA) is 142 Å². The maximum atomic E-state index is 12.6. The number of amides is 1. The van der Waals surface area contributed by atoms with E-state index in [1.165, 1.54) is 12.5 Å². The van der Waals surface area contributed by atoms with Crippen LogP contribution >= 0.6 is 0 Å². The molecule has 0 aliphatic carbocycles. The van der Waals surface area contributed by atoms with E-state index >= 15 is 0 Å². The molecular weight excluding hydrogens is 344 g/mol. The molecule has 1 amide bonds. The molecule has 3 rings (SSSR count). The summed E-state index contributed by atoms with van der Waals surface area (Å²) in [5, 5.41) is 18.1. The molecule has 0 radical (unpaired) electrons. The molecule has 1 unspecified atom stereocenters. The number of nitrogens with two attached hydrogens (primary N) is 2. The average molecular weight is 363 g/mol. The summed E-state index contributed by atoms with van der Waals surface area (Å²) >= 11 is 0. The Labute approximate surface area is 155 Å². The summed E-state index contributed by atoms with van der Waals surface area (Å²) in [5.74, 6) is -0.408. The predicted molar refractivity (Wildman–Crippen MR) is 103 cm³/mol. The number of hydrogen-bond acceptors (Lipinski definition) is 6. The van der Waals surface area contributed by atoms with Crippen molar-refractivity contribution in [2.45, 2.75) is 19.4 Å². The van der Waals surface area contributed by atoms with Crippen LogP contribution in [0.1, 0.15) is 25.0 Å². The first-order valence-corrected chi connectivity index (χ1v) is 8.22. The van der Waals surface area contributed by atoms with Gasteiger partial charge in [0.05, 0.1) is 35.7 Å². The molecule has 8 heteroatoms. The van der Waals surface area contributed by atoms with Crippen LogP contribution in [0.25, 0.3) is 0 Å². The molecule has 1 atom stereocenters. The van der Waals surface area contributed by atoms with Crippen LogP contribution in [-0.4, -0.2) is 35.1 Å². The van der Waals surface area contributed by atoms with Crippen LogP contribution < -0.4 is 16.5 Å². The zero-order valence-electron chi connectivity index (χ0n) is 15.0. The summed E-state index contributed by atoms with van der Waals surface area (Å²) in [5.41, 5.74) is 8.42. The number of nitrogen functional groups attached to an aromatic ring is 1. The van der Waals surface area contributed by atoms with Crippen molar-refractivity contribution in [1.82, 2.24) is 0 Å². The van der Waals surface area contributed by atoms with Gasteiger partial charge in [-0.3, -0.25) is 20.2 Å². The lowest BCUT2D eigenvalue weighted by molar-refractivity contribution is -0.112. The highest BCUT2D eigenvalue weighted by atomic mass is 16.3. The summed E-state index contributed by atoms with van der Waals surface area (Å²) < 4.78 is 5.05. The van der Waals surface area contributed by atoms with Crippen LogP contribution in [0.15, 0.2) is 51.2 Å². The van der Waals surface area contributed by atoms with Gasteiger partial charge in [0.1, 0.15) is 12.0 Å². The molecule has 1 aliphatic rings. The number of nitriles is 1. The van der Waals surface area contributed by atoms with Crippen molar-refractivity contribution in [1.29, 1.82) is 5.26 Å². The quantitative estimate of drug-likeness (QED) is 0.540. The summed E-state index contributed by atoms with van der Waals surface area (Å²) in [7, 11) is 0. The minimum atomic E-state index is -0.934. The van der Waals surface area contributed by atoms with Crippen molar-refractivity contribution in [3.8, 4) is 6.07 Å². The Bertz CT molecular complexity index is 1010. The van der Waals surface area contributed by atoms with Crippen LogP contribution in [0.2, 0.25) is 0 Å². The van der Waals surface area contributed by atoms with Crippen molar-refractivity contribution in [2.75, 3.05) is 17.6 Å². The molecule has 0 saturated carbocycles. The predicted octanol–water partition coefficient (Wildman–Crippen LogP) is 0.595. The Morgan fingerprint density at radius 2 is 2.22 bits per heavy atom. The number of rotatable bonds is 4. The van der Waals surface area contributed by atoms with E-state index in [1.807, 2.05) is 0 Å². The molecule has 27 heavy (non-hydrogen) atoms. The fourth-order valence-corrected chi connectivity index (χ4v) is 2.73. The summed E-state index contributed by atoms with van der Waals surface area (Å²) in [6, 6.07) is 8.84. The highest BCUT2D eigenvalue weighted by Crippen LogP contribution is 2.21. The highest BCUT2D eigenvalue weighted by Gasteiger charge is 2.30. The van der Waals surface area contributed by atoms with Gasteiger partial charge in [0.25, 0.3) is 5.91 Å². The first kappa shape index (κ1) is 18.1. The van der Waals surface area contributed by atoms with Gasteiger partial charge in [-0.2, -0.15) is 5.26 Å². The van der Waals surface area contributed by atoms with Gasteiger partial charge in [0.15, 0.2) is 5.54 Å². The van der Waals surface area contributed by atoms with E-state index in [2.05, 4.69) is 21.4 Å². The zero-order chi connectivity index (χ0) is 19.6. The number of carbonyl (C=O) groups excluding carboxylic acids is 1. The van der Waals surface area contributed by atoms with Gasteiger partial charge in [0, 0.05) is 11.4 Å². The Morgan fingerprint density at radius 1 is 1.44 bits per heavy atom. The molecule has 2 heterocycles. The van der Waals surface area contributed by atoms with E-state index < -0.39 is 11.4 Å². The third kappa shape index (κ3) is 3.62. The van der Waals surface area contributed by atoms with Crippen molar-refractivity contribution in [3.63, 3.8) is 0 Å². The zero-order valence-corrected chi connectivity index (χ0v) is 15.0. The molecule has 0 saturated heterocycles. The molecular formula is C19H19N6O2+. The standard InChI is InChI=1S/C19H18N6O2/c1-11-17(23-10-19(2,9-20)25-11)18(26)24-13-3-4-15(21)14(7-13)16(22)12-5-6-27-8-12/h3-8,22H,10,21H2,1-2H3,(H,24,26)/p+1. The third-order valence-corrected chi connectivity index (χ3v) is 4.19. The van der Waals surface area contributed by atoms with E-state index in [0.29, 0.717) is 33.9 Å². The smallest absolute Gasteiger partial charge is 0.275 e. The maximum Gasteiger partial charge on any atom is 0.275 e. The lowest BCUT2D eigenvalue weighted by Crippen LogP contribution is -2.41. The van der Waals surface area contributed by atoms with E-state index in [-0.39, 0.29) is 12.3 Å². The first-order valence-electron chi connectivity index (χ1n) is 8.22. The lowest BCUT2D eigenvalue weighted by atomic mass is 10.0. The number of furan rings is 1. The molecule has 136 valence electrons. The van der Waals surface area contributed by atoms with Crippen molar-refractivity contribution in [3.05, 3.63) is 47.9 Å². The van der Waals surface area contributed by atoms with E-state index in [0.717, 1.165) is 0 Å². The average Bonchev–Trinajstić information content (AvgIpc) is 3.17. The monoisotopic (exact) mass is 363 g/mol. The Kier molecular flexibility index (Phi) is 4.60. The van der Waals surface area contributed by atoms with Crippen LogP contribution in [0.3, 0.4) is 0 Å². The van der Waals surface area contributed by atoms with Gasteiger partial charge in [-0.05, 0) is 38.1 Å². The number of benzene rings is 1. The van der Waals surface area contributed by atoms with Crippen LogP contribution in [0, 0.1) is 11.3 Å². The van der Waals surface area contributed by atoms with Gasteiger partial charge < -0.3 is 15.5 Å². The number of carbonyl (C=O) groups is 1. The number of aliphatic imine (C=N–C) groups is 2. The molecule has 0 spiro atoms. The second-order valence-corrected chi connectivity index (χ2v) is 6.43.